The van der Waals surface area contributed by atoms with Crippen LogP contribution in [-0.2, 0) is 0 Å². The van der Waals surface area contributed by atoms with Crippen LogP contribution in [0.15, 0.2) is 23.0 Å². The second-order valence-electron chi connectivity index (χ2n) is 5.39. The molecule has 0 spiro atoms. The van der Waals surface area contributed by atoms with Crippen molar-refractivity contribution in [3.05, 3.63) is 45.6 Å². The molecule has 1 aliphatic rings. The Morgan fingerprint density at radius 1 is 1.17 bits per heavy atom. The van der Waals surface area contributed by atoms with Crippen LogP contribution in [0.4, 0.5) is 0 Å². The van der Waals surface area contributed by atoms with Gasteiger partial charge in [-0.25, -0.2) is 5.10 Å². The summed E-state index contributed by atoms with van der Waals surface area (Å²) in [6, 6.07) is 4.00. The van der Waals surface area contributed by atoms with Crippen LogP contribution in [0.5, 0.6) is 0 Å². The number of H-pyrrole nitrogens is 2. The number of rotatable bonds is 3. The summed E-state index contributed by atoms with van der Waals surface area (Å²) in [5, 5.41) is 12.7. The number of carbonyl (C=O) groups is 2. The minimum atomic E-state index is -0.622. The number of aromatic amines is 2. The molecule has 0 aromatic carbocycles. The zero-order chi connectivity index (χ0) is 16.4. The van der Waals surface area contributed by atoms with Crippen molar-refractivity contribution in [3.63, 3.8) is 0 Å². The van der Waals surface area contributed by atoms with Crippen molar-refractivity contribution in [1.29, 1.82) is 0 Å². The second-order valence-corrected chi connectivity index (χ2v) is 5.39. The lowest BCUT2D eigenvalue weighted by Crippen LogP contribution is -2.39. The Balaban J connectivity index is 1.88. The molecule has 23 heavy (non-hydrogen) atoms. The maximum atomic E-state index is 12.7. The predicted molar refractivity (Wildman–Crippen MR) is 79.6 cm³/mol. The van der Waals surface area contributed by atoms with Gasteiger partial charge in [0.25, 0.3) is 17.4 Å². The minimum absolute atomic E-state index is 0.139. The van der Waals surface area contributed by atoms with Crippen LogP contribution in [0.3, 0.4) is 0 Å². The van der Waals surface area contributed by atoms with Crippen LogP contribution in [0, 0.1) is 0 Å². The molecule has 1 saturated heterocycles. The van der Waals surface area contributed by atoms with Crippen molar-refractivity contribution in [2.24, 2.45) is 5.73 Å². The summed E-state index contributed by atoms with van der Waals surface area (Å²) in [7, 11) is 0. The third-order valence-electron chi connectivity index (χ3n) is 3.87. The molecule has 0 saturated carbocycles. The van der Waals surface area contributed by atoms with Gasteiger partial charge in [-0.1, -0.05) is 0 Å². The molecule has 1 atom stereocenters. The number of amides is 2. The number of nitrogens with two attached hydrogens (primary N) is 1. The van der Waals surface area contributed by atoms with Crippen LogP contribution < -0.4 is 11.3 Å². The highest BCUT2D eigenvalue weighted by Gasteiger charge is 2.31. The molecule has 2 aromatic heterocycles. The highest BCUT2D eigenvalue weighted by Crippen LogP contribution is 2.31. The average Bonchev–Trinajstić information content (AvgIpc) is 3.05. The summed E-state index contributed by atoms with van der Waals surface area (Å²) in [5.74, 6) is -0.898. The number of nitrogens with zero attached hydrogens (tertiary/aromatic N) is 3. The summed E-state index contributed by atoms with van der Waals surface area (Å²) >= 11 is 0. The van der Waals surface area contributed by atoms with E-state index in [4.69, 9.17) is 5.73 Å². The van der Waals surface area contributed by atoms with E-state index in [2.05, 4.69) is 20.4 Å². The Hall–Kier alpha value is -2.97. The fourth-order valence-electron chi connectivity index (χ4n) is 2.74. The quantitative estimate of drug-likeness (QED) is 0.729. The highest BCUT2D eigenvalue weighted by atomic mass is 16.2. The molecule has 2 amide bonds. The molecule has 2 aromatic rings. The number of piperidine rings is 1. The number of primary amides is 1. The number of carbonyl (C=O) groups excluding carboxylic acids is 2. The van der Waals surface area contributed by atoms with Gasteiger partial charge in [-0.2, -0.15) is 10.2 Å². The van der Waals surface area contributed by atoms with Crippen molar-refractivity contribution in [3.8, 4) is 0 Å². The zero-order valence-corrected chi connectivity index (χ0v) is 12.3. The summed E-state index contributed by atoms with van der Waals surface area (Å²) in [4.78, 5) is 36.6. The normalized spacial score (nSPS) is 17.9. The maximum Gasteiger partial charge on any atom is 0.274 e. The molecule has 0 bridgehead atoms. The molecule has 120 valence electrons. The Bertz CT molecular complexity index is 775. The lowest BCUT2D eigenvalue weighted by molar-refractivity contribution is 0.0598. The van der Waals surface area contributed by atoms with Crippen molar-refractivity contribution < 1.29 is 9.59 Å². The SMILES string of the molecule is NC(=O)c1cc([C@@H]2CCCCN2C(=O)c2ccc(=O)[nH]n2)[nH]n1. The van der Waals surface area contributed by atoms with E-state index in [1.54, 1.807) is 11.0 Å². The van der Waals surface area contributed by atoms with E-state index >= 15 is 0 Å². The molecule has 1 fully saturated rings. The van der Waals surface area contributed by atoms with E-state index in [0.29, 0.717) is 12.2 Å². The zero-order valence-electron chi connectivity index (χ0n) is 12.3. The fourth-order valence-corrected chi connectivity index (χ4v) is 2.74. The molecule has 4 N–H and O–H groups in total. The molecule has 0 unspecified atom stereocenters. The van der Waals surface area contributed by atoms with Crippen LogP contribution in [-0.4, -0.2) is 43.7 Å². The van der Waals surface area contributed by atoms with E-state index in [1.165, 1.54) is 12.1 Å². The first-order valence-electron chi connectivity index (χ1n) is 7.28. The van der Waals surface area contributed by atoms with Gasteiger partial charge in [-0.3, -0.25) is 19.5 Å². The van der Waals surface area contributed by atoms with Crippen molar-refractivity contribution in [2.75, 3.05) is 6.54 Å². The lowest BCUT2D eigenvalue weighted by atomic mass is 9.98. The number of nitrogens with one attached hydrogen (secondary N) is 2. The topological polar surface area (TPSA) is 138 Å². The predicted octanol–water partition coefficient (Wildman–Crippen LogP) is -0.0407. The standard InChI is InChI=1S/C14H16N6O3/c15-13(22)10-7-9(17-18-10)11-3-1-2-6-20(11)14(23)8-4-5-12(21)19-16-8/h4-5,7,11H,1-3,6H2,(H2,15,22)(H,17,18)(H,19,21)/t11-/m0/s1. The first-order chi connectivity index (χ1) is 11.1. The van der Waals surface area contributed by atoms with Crippen molar-refractivity contribution in [2.45, 2.75) is 25.3 Å². The number of likely N-dealkylation sites (tertiary alicyclic amines) is 1. The van der Waals surface area contributed by atoms with Gasteiger partial charge in [0.05, 0.1) is 11.7 Å². The summed E-state index contributed by atoms with van der Waals surface area (Å²) in [5.41, 5.74) is 5.82. The largest absolute Gasteiger partial charge is 0.364 e. The Morgan fingerprint density at radius 3 is 2.61 bits per heavy atom. The van der Waals surface area contributed by atoms with E-state index in [9.17, 15) is 14.4 Å². The van der Waals surface area contributed by atoms with Crippen LogP contribution >= 0.6 is 0 Å². The summed E-state index contributed by atoms with van der Waals surface area (Å²) in [6.45, 7) is 0.565. The molecule has 0 aliphatic carbocycles. The number of hydrogen-bond donors (Lipinski definition) is 3. The number of hydrogen-bond acceptors (Lipinski definition) is 5. The minimum Gasteiger partial charge on any atom is -0.364 e. The maximum absolute atomic E-state index is 12.7. The average molecular weight is 316 g/mol. The molecular formula is C14H16N6O3. The number of aromatic nitrogens is 4. The molecule has 3 heterocycles. The van der Waals surface area contributed by atoms with Crippen LogP contribution in [0.2, 0.25) is 0 Å². The first kappa shape index (κ1) is 14.9. The molecule has 9 heteroatoms. The van der Waals surface area contributed by atoms with Crippen molar-refractivity contribution >= 4 is 11.8 Å². The third-order valence-corrected chi connectivity index (χ3v) is 3.87. The molecule has 1 aliphatic heterocycles. The van der Waals surface area contributed by atoms with Gasteiger partial charge in [0, 0.05) is 12.6 Å². The molecule has 0 radical (unpaired) electrons. The highest BCUT2D eigenvalue weighted by molar-refractivity contribution is 5.93. The van der Waals surface area contributed by atoms with Crippen LogP contribution in [0.1, 0.15) is 52.0 Å². The molecule has 3 rings (SSSR count). The summed E-state index contributed by atoms with van der Waals surface area (Å²) in [6.07, 6.45) is 2.58. The molecule has 9 nitrogen and oxygen atoms in total. The van der Waals surface area contributed by atoms with E-state index in [1.807, 2.05) is 0 Å². The molecular weight excluding hydrogens is 300 g/mol. The Kier molecular flexibility index (Phi) is 3.92. The van der Waals surface area contributed by atoms with Gasteiger partial charge < -0.3 is 10.6 Å². The van der Waals surface area contributed by atoms with Gasteiger partial charge in [0.2, 0.25) is 0 Å². The van der Waals surface area contributed by atoms with E-state index < -0.39 is 5.91 Å². The van der Waals surface area contributed by atoms with Gasteiger partial charge in [-0.15, -0.1) is 0 Å². The third kappa shape index (κ3) is 2.98. The fraction of sp³-hybridized carbons (Fsp3) is 0.357. The lowest BCUT2D eigenvalue weighted by Gasteiger charge is -2.34. The monoisotopic (exact) mass is 316 g/mol. The Labute approximate surface area is 130 Å². The van der Waals surface area contributed by atoms with Gasteiger partial charge >= 0.3 is 0 Å². The second kappa shape index (κ2) is 6.03. The van der Waals surface area contributed by atoms with E-state index in [-0.39, 0.29) is 28.9 Å². The van der Waals surface area contributed by atoms with Gasteiger partial charge in [0.1, 0.15) is 11.4 Å². The van der Waals surface area contributed by atoms with Crippen molar-refractivity contribution in [1.82, 2.24) is 25.3 Å². The van der Waals surface area contributed by atoms with Gasteiger partial charge in [0.15, 0.2) is 0 Å². The summed E-state index contributed by atoms with van der Waals surface area (Å²) < 4.78 is 0. The van der Waals surface area contributed by atoms with Crippen LogP contribution in [0.25, 0.3) is 0 Å². The Morgan fingerprint density at radius 2 is 1.96 bits per heavy atom. The first-order valence-corrected chi connectivity index (χ1v) is 7.28. The smallest absolute Gasteiger partial charge is 0.274 e. The van der Waals surface area contributed by atoms with E-state index in [0.717, 1.165) is 19.3 Å². The van der Waals surface area contributed by atoms with Gasteiger partial charge in [-0.05, 0) is 31.4 Å².